The number of aliphatic carboxylic acids is 1. The molecule has 3 nitrogen and oxygen atoms in total. The van der Waals surface area contributed by atoms with Gasteiger partial charge in [0.25, 0.3) is 0 Å². The maximum atomic E-state index is 13.9. The summed E-state index contributed by atoms with van der Waals surface area (Å²) in [6, 6.07) is 4.76. The summed E-state index contributed by atoms with van der Waals surface area (Å²) in [5.41, 5.74) is 1.11. The normalized spacial score (nSPS) is 15.3. The van der Waals surface area contributed by atoms with Crippen LogP contribution in [-0.2, 0) is 4.79 Å². The van der Waals surface area contributed by atoms with E-state index < -0.39 is 5.97 Å². The second kappa shape index (κ2) is 5.49. The number of rotatable bonds is 3. The van der Waals surface area contributed by atoms with Crippen molar-refractivity contribution >= 4 is 17.7 Å². The van der Waals surface area contributed by atoms with E-state index in [-0.39, 0.29) is 5.82 Å². The van der Waals surface area contributed by atoms with Gasteiger partial charge in [0.15, 0.2) is 0 Å². The van der Waals surface area contributed by atoms with E-state index in [1.165, 1.54) is 12.1 Å². The Balaban J connectivity index is 2.19. The molecule has 1 aliphatic rings. The summed E-state index contributed by atoms with van der Waals surface area (Å²) in [6.07, 6.45) is 7.39. The van der Waals surface area contributed by atoms with E-state index in [2.05, 4.69) is 6.08 Å². The number of carboxylic acids is 1. The molecule has 1 aromatic rings. The molecule has 0 amide bonds. The minimum absolute atomic E-state index is 0.321. The van der Waals surface area contributed by atoms with Gasteiger partial charge >= 0.3 is 5.97 Å². The van der Waals surface area contributed by atoms with Gasteiger partial charge in [-0.25, -0.2) is 9.18 Å². The molecular formula is C14H14FNO2. The largest absolute Gasteiger partial charge is 0.478 e. The van der Waals surface area contributed by atoms with Crippen LogP contribution in [0.15, 0.2) is 36.4 Å². The first kappa shape index (κ1) is 12.4. The van der Waals surface area contributed by atoms with E-state index in [1.807, 2.05) is 11.0 Å². The van der Waals surface area contributed by atoms with Crippen molar-refractivity contribution < 1.29 is 14.3 Å². The smallest absolute Gasteiger partial charge is 0.328 e. The Bertz CT molecular complexity index is 509. The van der Waals surface area contributed by atoms with Crippen LogP contribution in [0, 0.1) is 5.82 Å². The highest BCUT2D eigenvalue weighted by atomic mass is 19.1. The summed E-state index contributed by atoms with van der Waals surface area (Å²) in [7, 11) is 0. The zero-order valence-corrected chi connectivity index (χ0v) is 9.84. The van der Waals surface area contributed by atoms with Gasteiger partial charge in [0.1, 0.15) is 5.82 Å². The van der Waals surface area contributed by atoms with Gasteiger partial charge in [-0.05, 0) is 30.2 Å². The Hall–Kier alpha value is -2.10. The minimum Gasteiger partial charge on any atom is -0.478 e. The Kier molecular flexibility index (Phi) is 3.77. The molecule has 18 heavy (non-hydrogen) atoms. The number of hydrogen-bond acceptors (Lipinski definition) is 2. The predicted molar refractivity (Wildman–Crippen MR) is 69.0 cm³/mol. The average molecular weight is 247 g/mol. The second-order valence-corrected chi connectivity index (χ2v) is 4.09. The molecule has 1 aromatic carbocycles. The number of carboxylic acid groups (broad SMARTS) is 1. The lowest BCUT2D eigenvalue weighted by molar-refractivity contribution is -0.131. The predicted octanol–water partition coefficient (Wildman–Crippen LogP) is 2.69. The molecule has 1 heterocycles. The van der Waals surface area contributed by atoms with E-state index in [0.717, 1.165) is 19.0 Å². The summed E-state index contributed by atoms with van der Waals surface area (Å²) >= 11 is 0. The molecule has 94 valence electrons. The number of hydrogen-bond donors (Lipinski definition) is 1. The first-order valence-electron chi connectivity index (χ1n) is 5.77. The lowest BCUT2D eigenvalue weighted by atomic mass is 10.1. The number of nitrogens with zero attached hydrogens (tertiary/aromatic N) is 1. The molecule has 2 rings (SSSR count). The van der Waals surface area contributed by atoms with Gasteiger partial charge in [-0.2, -0.15) is 0 Å². The van der Waals surface area contributed by atoms with Gasteiger partial charge in [0.05, 0.1) is 5.69 Å². The molecule has 0 fully saturated rings. The second-order valence-electron chi connectivity index (χ2n) is 4.09. The standard InChI is InChI=1S/C14H14FNO2/c15-12-10-11(5-7-14(17)18)4-6-13(12)16-8-2-1-3-9-16/h1-2,4-7,10H,3,8-9H2,(H,17,18)/b7-5+. The van der Waals surface area contributed by atoms with Crippen LogP contribution >= 0.6 is 0 Å². The van der Waals surface area contributed by atoms with Crippen molar-refractivity contribution in [2.45, 2.75) is 6.42 Å². The number of halogens is 1. The topological polar surface area (TPSA) is 40.5 Å². The Morgan fingerprint density at radius 3 is 2.83 bits per heavy atom. The molecule has 1 N–H and O–H groups in total. The van der Waals surface area contributed by atoms with Crippen LogP contribution in [0.3, 0.4) is 0 Å². The maximum Gasteiger partial charge on any atom is 0.328 e. The Morgan fingerprint density at radius 1 is 1.39 bits per heavy atom. The molecule has 0 saturated carbocycles. The molecule has 0 aliphatic carbocycles. The van der Waals surface area contributed by atoms with E-state index in [9.17, 15) is 9.18 Å². The molecular weight excluding hydrogens is 233 g/mol. The van der Waals surface area contributed by atoms with Crippen LogP contribution < -0.4 is 4.90 Å². The lowest BCUT2D eigenvalue weighted by Gasteiger charge is -2.26. The molecule has 0 spiro atoms. The molecule has 1 aliphatic heterocycles. The SMILES string of the molecule is O=C(O)/C=C/c1ccc(N2CC=CCC2)c(F)c1. The zero-order valence-electron chi connectivity index (χ0n) is 9.84. The van der Waals surface area contributed by atoms with E-state index in [1.54, 1.807) is 12.1 Å². The third-order valence-corrected chi connectivity index (χ3v) is 2.79. The van der Waals surface area contributed by atoms with Crippen LogP contribution in [0.1, 0.15) is 12.0 Å². The number of anilines is 1. The highest BCUT2D eigenvalue weighted by molar-refractivity contribution is 5.85. The fourth-order valence-corrected chi connectivity index (χ4v) is 1.91. The van der Waals surface area contributed by atoms with Gasteiger partial charge in [-0.3, -0.25) is 0 Å². The van der Waals surface area contributed by atoms with E-state index >= 15 is 0 Å². The Morgan fingerprint density at radius 2 is 2.22 bits per heavy atom. The highest BCUT2D eigenvalue weighted by Crippen LogP contribution is 2.22. The minimum atomic E-state index is -1.04. The summed E-state index contributed by atoms with van der Waals surface area (Å²) < 4.78 is 13.9. The maximum absolute atomic E-state index is 13.9. The molecule has 0 bridgehead atoms. The quantitative estimate of drug-likeness (QED) is 0.659. The van der Waals surface area contributed by atoms with Crippen molar-refractivity contribution in [2.24, 2.45) is 0 Å². The third-order valence-electron chi connectivity index (χ3n) is 2.79. The fraction of sp³-hybridized carbons (Fsp3) is 0.214. The summed E-state index contributed by atoms with van der Waals surface area (Å²) in [5.74, 6) is -1.36. The van der Waals surface area contributed by atoms with Crippen molar-refractivity contribution in [3.05, 3.63) is 47.8 Å². The van der Waals surface area contributed by atoms with Crippen molar-refractivity contribution in [3.8, 4) is 0 Å². The van der Waals surface area contributed by atoms with Crippen molar-refractivity contribution in [2.75, 3.05) is 18.0 Å². The Labute approximate surface area is 105 Å². The summed E-state index contributed by atoms with van der Waals surface area (Å²) in [4.78, 5) is 12.3. The molecule has 4 heteroatoms. The lowest BCUT2D eigenvalue weighted by Crippen LogP contribution is -2.27. The number of benzene rings is 1. The van der Waals surface area contributed by atoms with Crippen LogP contribution in [-0.4, -0.2) is 24.2 Å². The fourth-order valence-electron chi connectivity index (χ4n) is 1.91. The van der Waals surface area contributed by atoms with Gasteiger partial charge in [-0.1, -0.05) is 18.2 Å². The average Bonchev–Trinajstić information content (AvgIpc) is 2.37. The van der Waals surface area contributed by atoms with Gasteiger partial charge in [-0.15, -0.1) is 0 Å². The van der Waals surface area contributed by atoms with Crippen molar-refractivity contribution in [1.82, 2.24) is 0 Å². The summed E-state index contributed by atoms with van der Waals surface area (Å²) in [6.45, 7) is 1.51. The molecule has 0 aromatic heterocycles. The first-order valence-corrected chi connectivity index (χ1v) is 5.77. The van der Waals surface area contributed by atoms with Gasteiger partial charge < -0.3 is 10.0 Å². The molecule has 0 unspecified atom stereocenters. The van der Waals surface area contributed by atoms with Crippen molar-refractivity contribution in [1.29, 1.82) is 0 Å². The zero-order chi connectivity index (χ0) is 13.0. The van der Waals surface area contributed by atoms with Crippen LogP contribution in [0.25, 0.3) is 6.08 Å². The molecule has 0 radical (unpaired) electrons. The van der Waals surface area contributed by atoms with Crippen LogP contribution in [0.4, 0.5) is 10.1 Å². The van der Waals surface area contributed by atoms with Gasteiger partial charge in [0.2, 0.25) is 0 Å². The monoisotopic (exact) mass is 247 g/mol. The van der Waals surface area contributed by atoms with Gasteiger partial charge in [0, 0.05) is 19.2 Å². The third kappa shape index (κ3) is 2.97. The number of carbonyl (C=O) groups is 1. The highest BCUT2D eigenvalue weighted by Gasteiger charge is 2.11. The molecule has 0 atom stereocenters. The molecule has 0 saturated heterocycles. The first-order chi connectivity index (χ1) is 8.66. The van der Waals surface area contributed by atoms with E-state index in [0.29, 0.717) is 17.8 Å². The van der Waals surface area contributed by atoms with Crippen molar-refractivity contribution in [3.63, 3.8) is 0 Å². The van der Waals surface area contributed by atoms with Crippen LogP contribution in [0.5, 0.6) is 0 Å². The van der Waals surface area contributed by atoms with E-state index in [4.69, 9.17) is 5.11 Å². The van der Waals surface area contributed by atoms with Crippen LogP contribution in [0.2, 0.25) is 0 Å². The summed E-state index contributed by atoms with van der Waals surface area (Å²) in [5, 5.41) is 8.51.